The Morgan fingerprint density at radius 3 is 2.76 bits per heavy atom. The zero-order chi connectivity index (χ0) is 12.4. The van der Waals surface area contributed by atoms with Crippen molar-refractivity contribution in [2.45, 2.75) is 20.3 Å². The normalized spacial score (nSPS) is 10.8. The third-order valence-electron chi connectivity index (χ3n) is 2.64. The zero-order valence-corrected chi connectivity index (χ0v) is 13.6. The van der Waals surface area contributed by atoms with Gasteiger partial charge in [-0.3, -0.25) is 4.98 Å². The van der Waals surface area contributed by atoms with Crippen LogP contribution in [0.5, 0.6) is 0 Å². The predicted octanol–water partition coefficient (Wildman–Crippen LogP) is 4.60. The molecule has 17 heavy (non-hydrogen) atoms. The summed E-state index contributed by atoms with van der Waals surface area (Å²) in [5.74, 6) is 0. The van der Waals surface area contributed by atoms with E-state index in [2.05, 4.69) is 75.9 Å². The van der Waals surface area contributed by atoms with Gasteiger partial charge in [-0.05, 0) is 70.1 Å². The Bertz CT molecular complexity index is 555. The highest BCUT2D eigenvalue weighted by atomic mass is 127. The Morgan fingerprint density at radius 2 is 2.12 bits per heavy atom. The number of benzene rings is 1. The fraction of sp³-hybridized carbons (Fsp3) is 0.308. The molecule has 0 aliphatic rings. The molecule has 1 aromatic heterocycles. The topological polar surface area (TPSA) is 24.9 Å². The molecule has 0 saturated heterocycles. The lowest BCUT2D eigenvalue weighted by molar-refractivity contribution is 1.05. The first-order chi connectivity index (χ1) is 8.17. The molecule has 2 nitrogen and oxygen atoms in total. The Morgan fingerprint density at radius 1 is 1.35 bits per heavy atom. The maximum atomic E-state index is 4.71. The largest absolute Gasteiger partial charge is 0.385 e. The number of nitrogens with zero attached hydrogens (tertiary/aromatic N) is 1. The SMILES string of the molecule is CCNc1cc(CC)nc2c(Br)ccc(I)c12. The van der Waals surface area contributed by atoms with Crippen molar-refractivity contribution < 1.29 is 0 Å². The average Bonchev–Trinajstić information content (AvgIpc) is 2.34. The standard InChI is InChI=1S/C13H14BrIN2/c1-3-8-7-11(16-4-2)12-10(15)6-5-9(14)13(12)17-8/h5-7H,3-4H2,1-2H3,(H,16,17). The molecule has 0 radical (unpaired) electrons. The lowest BCUT2D eigenvalue weighted by Crippen LogP contribution is -2.01. The number of fused-ring (bicyclic) bond motifs is 1. The molecular formula is C13H14BrIN2. The lowest BCUT2D eigenvalue weighted by atomic mass is 10.1. The van der Waals surface area contributed by atoms with Crippen molar-refractivity contribution in [3.63, 3.8) is 0 Å². The molecule has 0 fully saturated rings. The maximum Gasteiger partial charge on any atom is 0.0878 e. The number of aryl methyl sites for hydroxylation is 1. The summed E-state index contributed by atoms with van der Waals surface area (Å²) in [6.45, 7) is 5.17. The van der Waals surface area contributed by atoms with Crippen LogP contribution in [0, 0.1) is 3.57 Å². The highest BCUT2D eigenvalue weighted by Gasteiger charge is 2.10. The third kappa shape index (κ3) is 2.57. The van der Waals surface area contributed by atoms with Gasteiger partial charge in [0.2, 0.25) is 0 Å². The van der Waals surface area contributed by atoms with Crippen molar-refractivity contribution in [2.24, 2.45) is 0 Å². The monoisotopic (exact) mass is 404 g/mol. The molecule has 4 heteroatoms. The van der Waals surface area contributed by atoms with Crippen LogP contribution in [0.3, 0.4) is 0 Å². The van der Waals surface area contributed by atoms with E-state index >= 15 is 0 Å². The molecule has 1 aromatic carbocycles. The van der Waals surface area contributed by atoms with Gasteiger partial charge in [0.1, 0.15) is 0 Å². The number of pyridine rings is 1. The van der Waals surface area contributed by atoms with Crippen LogP contribution in [0.1, 0.15) is 19.5 Å². The Hall–Kier alpha value is -0.360. The second-order valence-corrected chi connectivity index (χ2v) is 5.81. The summed E-state index contributed by atoms with van der Waals surface area (Å²) in [4.78, 5) is 4.71. The van der Waals surface area contributed by atoms with Crippen molar-refractivity contribution >= 4 is 55.1 Å². The summed E-state index contributed by atoms with van der Waals surface area (Å²) in [7, 11) is 0. The smallest absolute Gasteiger partial charge is 0.0878 e. The van der Waals surface area contributed by atoms with Crippen LogP contribution in [0.4, 0.5) is 5.69 Å². The molecule has 0 saturated carbocycles. The molecule has 0 atom stereocenters. The summed E-state index contributed by atoms with van der Waals surface area (Å²) in [6.07, 6.45) is 0.951. The first-order valence-corrected chi connectivity index (χ1v) is 7.56. The Balaban J connectivity index is 2.80. The van der Waals surface area contributed by atoms with Crippen molar-refractivity contribution in [1.29, 1.82) is 0 Å². The van der Waals surface area contributed by atoms with Gasteiger partial charge in [0, 0.05) is 31.4 Å². The molecule has 90 valence electrons. The van der Waals surface area contributed by atoms with Crippen LogP contribution in [0.25, 0.3) is 10.9 Å². The number of halogens is 2. The molecule has 0 unspecified atom stereocenters. The fourth-order valence-corrected chi connectivity index (χ4v) is 2.98. The molecule has 0 aliphatic heterocycles. The molecule has 2 aromatic rings. The molecule has 1 heterocycles. The second-order valence-electron chi connectivity index (χ2n) is 3.80. The van der Waals surface area contributed by atoms with E-state index in [0.29, 0.717) is 0 Å². The Kier molecular flexibility index (Phi) is 4.25. The highest BCUT2D eigenvalue weighted by Crippen LogP contribution is 2.32. The Labute approximate surface area is 123 Å². The van der Waals surface area contributed by atoms with E-state index in [1.165, 1.54) is 14.6 Å². The molecular weight excluding hydrogens is 391 g/mol. The second kappa shape index (κ2) is 5.52. The minimum absolute atomic E-state index is 0.921. The molecule has 0 aliphatic carbocycles. The average molecular weight is 405 g/mol. The maximum absolute atomic E-state index is 4.71. The van der Waals surface area contributed by atoms with E-state index < -0.39 is 0 Å². The van der Waals surface area contributed by atoms with Gasteiger partial charge < -0.3 is 5.32 Å². The summed E-state index contributed by atoms with van der Waals surface area (Å²) in [5, 5.41) is 4.64. The number of nitrogens with one attached hydrogen (secondary N) is 1. The summed E-state index contributed by atoms with van der Waals surface area (Å²) in [6, 6.07) is 6.33. The number of hydrogen-bond donors (Lipinski definition) is 1. The van der Waals surface area contributed by atoms with Gasteiger partial charge >= 0.3 is 0 Å². The van der Waals surface area contributed by atoms with Crippen LogP contribution in [-0.4, -0.2) is 11.5 Å². The van der Waals surface area contributed by atoms with Gasteiger partial charge in [0.15, 0.2) is 0 Å². The number of anilines is 1. The number of aromatic nitrogens is 1. The van der Waals surface area contributed by atoms with E-state index in [9.17, 15) is 0 Å². The van der Waals surface area contributed by atoms with Crippen molar-refractivity contribution in [3.05, 3.63) is 31.9 Å². The van der Waals surface area contributed by atoms with Gasteiger partial charge in [0.25, 0.3) is 0 Å². The number of hydrogen-bond acceptors (Lipinski definition) is 2. The number of rotatable bonds is 3. The highest BCUT2D eigenvalue weighted by molar-refractivity contribution is 14.1. The first kappa shape index (κ1) is 13.1. The van der Waals surface area contributed by atoms with Crippen molar-refractivity contribution in [1.82, 2.24) is 4.98 Å². The molecule has 2 rings (SSSR count). The van der Waals surface area contributed by atoms with Crippen molar-refractivity contribution in [3.8, 4) is 0 Å². The van der Waals surface area contributed by atoms with Crippen LogP contribution in [0.15, 0.2) is 22.7 Å². The molecule has 0 bridgehead atoms. The van der Waals surface area contributed by atoms with Gasteiger partial charge in [-0.15, -0.1) is 0 Å². The van der Waals surface area contributed by atoms with E-state index in [1.807, 2.05) is 0 Å². The molecule has 0 amide bonds. The van der Waals surface area contributed by atoms with Gasteiger partial charge in [-0.1, -0.05) is 6.92 Å². The van der Waals surface area contributed by atoms with E-state index in [0.717, 1.165) is 28.6 Å². The van der Waals surface area contributed by atoms with Crippen LogP contribution < -0.4 is 5.32 Å². The summed E-state index contributed by atoms with van der Waals surface area (Å²) >= 11 is 5.95. The predicted molar refractivity (Wildman–Crippen MR) is 85.7 cm³/mol. The molecule has 1 N–H and O–H groups in total. The van der Waals surface area contributed by atoms with Gasteiger partial charge in [0.05, 0.1) is 5.52 Å². The summed E-state index contributed by atoms with van der Waals surface area (Å²) in [5.41, 5.74) is 3.35. The van der Waals surface area contributed by atoms with E-state index in [1.54, 1.807) is 0 Å². The fourth-order valence-electron chi connectivity index (χ4n) is 1.83. The minimum atomic E-state index is 0.921. The van der Waals surface area contributed by atoms with Crippen LogP contribution >= 0.6 is 38.5 Å². The van der Waals surface area contributed by atoms with Gasteiger partial charge in [-0.2, -0.15) is 0 Å². The third-order valence-corrected chi connectivity index (χ3v) is 4.18. The summed E-state index contributed by atoms with van der Waals surface area (Å²) < 4.78 is 2.29. The lowest BCUT2D eigenvalue weighted by Gasteiger charge is -2.12. The first-order valence-electron chi connectivity index (χ1n) is 5.68. The van der Waals surface area contributed by atoms with Crippen molar-refractivity contribution in [2.75, 3.05) is 11.9 Å². The van der Waals surface area contributed by atoms with Crippen LogP contribution in [-0.2, 0) is 6.42 Å². The van der Waals surface area contributed by atoms with E-state index in [-0.39, 0.29) is 0 Å². The minimum Gasteiger partial charge on any atom is -0.385 e. The molecule has 0 spiro atoms. The van der Waals surface area contributed by atoms with Gasteiger partial charge in [-0.25, -0.2) is 0 Å². The zero-order valence-electron chi connectivity index (χ0n) is 9.85. The van der Waals surface area contributed by atoms with E-state index in [4.69, 9.17) is 4.98 Å². The van der Waals surface area contributed by atoms with Crippen LogP contribution in [0.2, 0.25) is 0 Å². The quantitative estimate of drug-likeness (QED) is 0.756.